The predicted octanol–water partition coefficient (Wildman–Crippen LogP) is 1.64. The Bertz CT molecular complexity index is 487. The monoisotopic (exact) mass is 252 g/mol. The summed E-state index contributed by atoms with van der Waals surface area (Å²) >= 11 is 1.15. The van der Waals surface area contributed by atoms with Crippen molar-refractivity contribution in [2.24, 2.45) is 0 Å². The van der Waals surface area contributed by atoms with Crippen LogP contribution in [0.1, 0.15) is 16.5 Å². The van der Waals surface area contributed by atoms with E-state index in [1.54, 1.807) is 32.4 Å². The zero-order chi connectivity index (χ0) is 12.3. The van der Waals surface area contributed by atoms with E-state index in [9.17, 15) is 5.11 Å². The van der Waals surface area contributed by atoms with Crippen LogP contribution in [0.25, 0.3) is 0 Å². The molecule has 0 saturated carbocycles. The average molecular weight is 252 g/mol. The van der Waals surface area contributed by atoms with Gasteiger partial charge in [-0.15, -0.1) is 5.10 Å². The molecule has 1 aromatic carbocycles. The zero-order valence-electron chi connectivity index (χ0n) is 9.45. The standard InChI is InChI=1S/C11H12N2O3S/c1-15-7-3-4-9(16-2)8(5-7)11(14)10-6-12-13-17-10/h3-6,11,14H,1-2H3. The Hall–Kier alpha value is -1.66. The number of rotatable bonds is 4. The van der Waals surface area contributed by atoms with Crippen molar-refractivity contribution in [3.63, 3.8) is 0 Å². The van der Waals surface area contributed by atoms with Crippen molar-refractivity contribution in [1.29, 1.82) is 0 Å². The third-order valence-corrected chi connectivity index (χ3v) is 3.09. The van der Waals surface area contributed by atoms with Crippen LogP contribution in [-0.2, 0) is 0 Å². The summed E-state index contributed by atoms with van der Waals surface area (Å²) in [5.41, 5.74) is 0.637. The lowest BCUT2D eigenvalue weighted by molar-refractivity contribution is 0.217. The lowest BCUT2D eigenvalue weighted by Gasteiger charge is -2.14. The van der Waals surface area contributed by atoms with E-state index in [-0.39, 0.29) is 0 Å². The first-order valence-electron chi connectivity index (χ1n) is 4.93. The highest BCUT2D eigenvalue weighted by Gasteiger charge is 2.18. The SMILES string of the molecule is COc1ccc(OC)c(C(O)c2cnns2)c1. The Morgan fingerprint density at radius 3 is 2.71 bits per heavy atom. The second-order valence-corrected chi connectivity index (χ2v) is 4.15. The summed E-state index contributed by atoms with van der Waals surface area (Å²) < 4.78 is 14.1. The second kappa shape index (κ2) is 5.11. The van der Waals surface area contributed by atoms with Gasteiger partial charge in [0.2, 0.25) is 0 Å². The minimum atomic E-state index is -0.806. The third kappa shape index (κ3) is 2.37. The van der Waals surface area contributed by atoms with E-state index in [1.165, 1.54) is 6.20 Å². The first kappa shape index (κ1) is 11.8. The summed E-state index contributed by atoms with van der Waals surface area (Å²) in [6, 6.07) is 5.27. The lowest BCUT2D eigenvalue weighted by Crippen LogP contribution is -2.01. The molecule has 0 amide bonds. The molecule has 1 atom stereocenters. The molecule has 17 heavy (non-hydrogen) atoms. The summed E-state index contributed by atoms with van der Waals surface area (Å²) in [6.45, 7) is 0. The van der Waals surface area contributed by atoms with Crippen LogP contribution in [0.5, 0.6) is 11.5 Å². The van der Waals surface area contributed by atoms with Gasteiger partial charge in [-0.2, -0.15) is 0 Å². The Kier molecular flexibility index (Phi) is 3.55. The van der Waals surface area contributed by atoms with Crippen LogP contribution in [0.3, 0.4) is 0 Å². The Morgan fingerprint density at radius 2 is 2.12 bits per heavy atom. The van der Waals surface area contributed by atoms with E-state index in [0.29, 0.717) is 21.9 Å². The number of hydrogen-bond acceptors (Lipinski definition) is 6. The number of hydrogen-bond donors (Lipinski definition) is 1. The van der Waals surface area contributed by atoms with Crippen molar-refractivity contribution >= 4 is 11.5 Å². The third-order valence-electron chi connectivity index (χ3n) is 2.38. The molecule has 5 nitrogen and oxygen atoms in total. The minimum Gasteiger partial charge on any atom is -0.497 e. The summed E-state index contributed by atoms with van der Waals surface area (Å²) in [5.74, 6) is 1.27. The van der Waals surface area contributed by atoms with Crippen LogP contribution >= 0.6 is 11.5 Å². The Morgan fingerprint density at radius 1 is 1.29 bits per heavy atom. The number of aromatic nitrogens is 2. The molecule has 0 radical (unpaired) electrons. The molecule has 0 aliphatic carbocycles. The first-order valence-corrected chi connectivity index (χ1v) is 5.71. The van der Waals surface area contributed by atoms with E-state index in [4.69, 9.17) is 9.47 Å². The molecule has 90 valence electrons. The van der Waals surface area contributed by atoms with E-state index in [2.05, 4.69) is 9.59 Å². The van der Waals surface area contributed by atoms with Crippen LogP contribution < -0.4 is 9.47 Å². The van der Waals surface area contributed by atoms with Crippen molar-refractivity contribution in [3.8, 4) is 11.5 Å². The van der Waals surface area contributed by atoms with Crippen LogP contribution in [-0.4, -0.2) is 28.9 Å². The highest BCUT2D eigenvalue weighted by atomic mass is 32.1. The van der Waals surface area contributed by atoms with Gasteiger partial charge in [0.15, 0.2) is 0 Å². The Balaban J connectivity index is 2.41. The molecule has 0 spiro atoms. The smallest absolute Gasteiger partial charge is 0.125 e. The van der Waals surface area contributed by atoms with E-state index in [1.807, 2.05) is 0 Å². The molecule has 0 aliphatic rings. The van der Waals surface area contributed by atoms with E-state index < -0.39 is 6.10 Å². The van der Waals surface area contributed by atoms with Crippen LogP contribution in [0, 0.1) is 0 Å². The first-order chi connectivity index (χ1) is 8.26. The van der Waals surface area contributed by atoms with Gasteiger partial charge in [-0.1, -0.05) is 4.49 Å². The molecule has 0 fully saturated rings. The number of nitrogens with zero attached hydrogens (tertiary/aromatic N) is 2. The Labute approximate surface area is 103 Å². The largest absolute Gasteiger partial charge is 0.497 e. The average Bonchev–Trinajstić information content (AvgIpc) is 2.91. The van der Waals surface area contributed by atoms with Crippen molar-refractivity contribution in [3.05, 3.63) is 34.8 Å². The van der Waals surface area contributed by atoms with Gasteiger partial charge in [-0.25, -0.2) is 0 Å². The van der Waals surface area contributed by atoms with Gasteiger partial charge in [0.1, 0.15) is 17.6 Å². The van der Waals surface area contributed by atoms with Crippen molar-refractivity contribution < 1.29 is 14.6 Å². The van der Waals surface area contributed by atoms with Gasteiger partial charge in [0, 0.05) is 5.56 Å². The minimum absolute atomic E-state index is 0.603. The maximum absolute atomic E-state index is 10.2. The molecule has 2 aromatic rings. The number of aliphatic hydroxyl groups is 1. The molecule has 1 unspecified atom stereocenters. The number of aliphatic hydroxyl groups excluding tert-OH is 1. The van der Waals surface area contributed by atoms with Gasteiger partial charge in [-0.3, -0.25) is 0 Å². The second-order valence-electron chi connectivity index (χ2n) is 3.33. The predicted molar refractivity (Wildman–Crippen MR) is 63.5 cm³/mol. The molecule has 0 saturated heterocycles. The number of benzene rings is 1. The molecule has 0 bridgehead atoms. The van der Waals surface area contributed by atoms with Crippen LogP contribution in [0.4, 0.5) is 0 Å². The van der Waals surface area contributed by atoms with E-state index in [0.717, 1.165) is 11.5 Å². The van der Waals surface area contributed by atoms with Crippen LogP contribution in [0.15, 0.2) is 24.4 Å². The maximum Gasteiger partial charge on any atom is 0.125 e. The molecule has 6 heteroatoms. The fourth-order valence-corrected chi connectivity index (χ4v) is 2.01. The van der Waals surface area contributed by atoms with Crippen molar-refractivity contribution in [2.75, 3.05) is 14.2 Å². The summed E-state index contributed by atoms with van der Waals surface area (Å²) in [4.78, 5) is 0.663. The molecular weight excluding hydrogens is 240 g/mol. The molecular formula is C11H12N2O3S. The fourth-order valence-electron chi connectivity index (χ4n) is 1.50. The van der Waals surface area contributed by atoms with Crippen LogP contribution in [0.2, 0.25) is 0 Å². The van der Waals surface area contributed by atoms with Gasteiger partial charge in [0.05, 0.1) is 25.3 Å². The van der Waals surface area contributed by atoms with Crippen molar-refractivity contribution in [2.45, 2.75) is 6.10 Å². The van der Waals surface area contributed by atoms with Gasteiger partial charge >= 0.3 is 0 Å². The maximum atomic E-state index is 10.2. The summed E-state index contributed by atoms with van der Waals surface area (Å²) in [5, 5.41) is 13.9. The summed E-state index contributed by atoms with van der Waals surface area (Å²) in [6.07, 6.45) is 0.730. The number of ether oxygens (including phenoxy) is 2. The highest BCUT2D eigenvalue weighted by molar-refractivity contribution is 7.05. The molecule has 1 heterocycles. The normalized spacial score (nSPS) is 12.2. The van der Waals surface area contributed by atoms with Crippen molar-refractivity contribution in [1.82, 2.24) is 9.59 Å². The van der Waals surface area contributed by atoms with Gasteiger partial charge < -0.3 is 14.6 Å². The highest BCUT2D eigenvalue weighted by Crippen LogP contribution is 2.33. The lowest BCUT2D eigenvalue weighted by atomic mass is 10.1. The molecule has 0 aliphatic heterocycles. The van der Waals surface area contributed by atoms with Gasteiger partial charge in [0.25, 0.3) is 0 Å². The quantitative estimate of drug-likeness (QED) is 0.896. The fraction of sp³-hybridized carbons (Fsp3) is 0.273. The van der Waals surface area contributed by atoms with Gasteiger partial charge in [-0.05, 0) is 29.7 Å². The molecule has 1 N–H and O–H groups in total. The topological polar surface area (TPSA) is 64.5 Å². The molecule has 1 aromatic heterocycles. The number of methoxy groups -OCH3 is 2. The van der Waals surface area contributed by atoms with E-state index >= 15 is 0 Å². The summed E-state index contributed by atoms with van der Waals surface area (Å²) in [7, 11) is 3.13. The molecule has 2 rings (SSSR count). The zero-order valence-corrected chi connectivity index (χ0v) is 10.3.